The monoisotopic (exact) mass is 277 g/mol. The summed E-state index contributed by atoms with van der Waals surface area (Å²) in [4.78, 5) is 12.1. The molecule has 0 aromatic heterocycles. The summed E-state index contributed by atoms with van der Waals surface area (Å²) in [6.07, 6.45) is 2.54. The lowest BCUT2D eigenvalue weighted by molar-refractivity contribution is -0.125. The van der Waals surface area contributed by atoms with E-state index in [1.54, 1.807) is 0 Å². The Morgan fingerprint density at radius 2 is 1.95 bits per heavy atom. The highest BCUT2D eigenvalue weighted by Gasteiger charge is 2.33. The van der Waals surface area contributed by atoms with E-state index < -0.39 is 5.54 Å². The first-order chi connectivity index (χ1) is 9.63. The summed E-state index contributed by atoms with van der Waals surface area (Å²) in [7, 11) is 0. The van der Waals surface area contributed by atoms with Crippen LogP contribution in [0.5, 0.6) is 0 Å². The molecule has 1 heterocycles. The van der Waals surface area contributed by atoms with Gasteiger partial charge >= 0.3 is 0 Å². The highest BCUT2D eigenvalue weighted by Crippen LogP contribution is 2.20. The Balaban J connectivity index is 1.83. The Kier molecular flexibility index (Phi) is 5.15. The van der Waals surface area contributed by atoms with Crippen LogP contribution >= 0.6 is 0 Å². The van der Waals surface area contributed by atoms with Crippen LogP contribution in [0.1, 0.15) is 30.4 Å². The lowest BCUT2D eigenvalue weighted by Crippen LogP contribution is -2.54. The van der Waals surface area contributed by atoms with Crippen molar-refractivity contribution in [2.24, 2.45) is 0 Å². The Hall–Kier alpha value is -1.39. The minimum atomic E-state index is -0.484. The number of benzene rings is 1. The van der Waals surface area contributed by atoms with E-state index >= 15 is 0 Å². The zero-order chi connectivity index (χ0) is 14.4. The molecule has 0 aliphatic carbocycles. The number of aliphatic hydroxyl groups is 1. The van der Waals surface area contributed by atoms with E-state index in [4.69, 9.17) is 4.74 Å². The van der Waals surface area contributed by atoms with Gasteiger partial charge in [-0.15, -0.1) is 0 Å². The van der Waals surface area contributed by atoms with Gasteiger partial charge in [0.15, 0.2) is 0 Å². The second kappa shape index (κ2) is 6.86. The summed E-state index contributed by atoms with van der Waals surface area (Å²) in [6, 6.07) is 8.22. The molecule has 110 valence electrons. The van der Waals surface area contributed by atoms with E-state index in [2.05, 4.69) is 29.6 Å². The number of carbonyl (C=O) groups excluding carboxylic acids is 1. The Bertz CT molecular complexity index is 436. The number of nitrogens with one attached hydrogen (secondary N) is 1. The molecule has 1 aliphatic rings. The lowest BCUT2D eigenvalue weighted by Gasteiger charge is -2.36. The maximum absolute atomic E-state index is 12.1. The largest absolute Gasteiger partial charge is 0.394 e. The lowest BCUT2D eigenvalue weighted by atomic mass is 9.90. The SMILES string of the molecule is Cc1ccc(CCC(=O)NC2(CO)CCOCC2)cc1. The summed E-state index contributed by atoms with van der Waals surface area (Å²) >= 11 is 0. The Morgan fingerprint density at radius 1 is 1.30 bits per heavy atom. The summed E-state index contributed by atoms with van der Waals surface area (Å²) in [6.45, 7) is 3.22. The second-order valence-corrected chi connectivity index (χ2v) is 5.58. The second-order valence-electron chi connectivity index (χ2n) is 5.58. The molecule has 0 bridgehead atoms. The molecular formula is C16H23NO3. The summed E-state index contributed by atoms with van der Waals surface area (Å²) in [5.74, 6) is 0.00141. The number of hydrogen-bond donors (Lipinski definition) is 2. The van der Waals surface area contributed by atoms with Crippen molar-refractivity contribution < 1.29 is 14.6 Å². The number of amides is 1. The topological polar surface area (TPSA) is 58.6 Å². The zero-order valence-electron chi connectivity index (χ0n) is 12.0. The highest BCUT2D eigenvalue weighted by molar-refractivity contribution is 5.77. The molecule has 2 N–H and O–H groups in total. The molecule has 1 saturated heterocycles. The zero-order valence-corrected chi connectivity index (χ0v) is 12.0. The molecular weight excluding hydrogens is 254 g/mol. The van der Waals surface area contributed by atoms with E-state index in [1.807, 2.05) is 6.92 Å². The maximum atomic E-state index is 12.1. The number of ether oxygens (including phenoxy) is 1. The van der Waals surface area contributed by atoms with E-state index in [9.17, 15) is 9.90 Å². The average molecular weight is 277 g/mol. The number of aryl methyl sites for hydroxylation is 2. The van der Waals surface area contributed by atoms with Crippen molar-refractivity contribution in [3.8, 4) is 0 Å². The van der Waals surface area contributed by atoms with Crippen LogP contribution in [0.3, 0.4) is 0 Å². The van der Waals surface area contributed by atoms with Crippen LogP contribution in [-0.4, -0.2) is 36.4 Å². The Labute approximate surface area is 120 Å². The summed E-state index contributed by atoms with van der Waals surface area (Å²) in [5, 5.41) is 12.5. The molecule has 1 fully saturated rings. The number of rotatable bonds is 5. The molecule has 1 aromatic rings. The van der Waals surface area contributed by atoms with Crippen molar-refractivity contribution in [3.63, 3.8) is 0 Å². The fraction of sp³-hybridized carbons (Fsp3) is 0.562. The van der Waals surface area contributed by atoms with Crippen LogP contribution in [0.25, 0.3) is 0 Å². The molecule has 0 atom stereocenters. The standard InChI is InChI=1S/C16H23NO3/c1-13-2-4-14(5-3-13)6-7-15(19)17-16(12-18)8-10-20-11-9-16/h2-5,18H,6-12H2,1H3,(H,17,19). The normalized spacial score (nSPS) is 17.7. The number of aliphatic hydroxyl groups excluding tert-OH is 1. The summed E-state index contributed by atoms with van der Waals surface area (Å²) < 4.78 is 5.29. The van der Waals surface area contributed by atoms with Gasteiger partial charge < -0.3 is 15.2 Å². The van der Waals surface area contributed by atoms with Gasteiger partial charge in [-0.05, 0) is 31.7 Å². The van der Waals surface area contributed by atoms with Crippen molar-refractivity contribution in [2.45, 2.75) is 38.1 Å². The first-order valence-electron chi connectivity index (χ1n) is 7.19. The van der Waals surface area contributed by atoms with Gasteiger partial charge in [0.25, 0.3) is 0 Å². The van der Waals surface area contributed by atoms with Crippen molar-refractivity contribution in [1.82, 2.24) is 5.32 Å². The predicted octanol–water partition coefficient (Wildman–Crippen LogP) is 1.59. The Morgan fingerprint density at radius 3 is 2.55 bits per heavy atom. The van der Waals surface area contributed by atoms with Crippen LogP contribution in [-0.2, 0) is 16.0 Å². The number of carbonyl (C=O) groups is 1. The van der Waals surface area contributed by atoms with Crippen molar-refractivity contribution >= 4 is 5.91 Å². The van der Waals surface area contributed by atoms with E-state index in [0.29, 0.717) is 32.5 Å². The third kappa shape index (κ3) is 4.05. The molecule has 20 heavy (non-hydrogen) atoms. The van der Waals surface area contributed by atoms with Crippen molar-refractivity contribution in [1.29, 1.82) is 0 Å². The van der Waals surface area contributed by atoms with E-state index in [1.165, 1.54) is 5.56 Å². The van der Waals surface area contributed by atoms with Gasteiger partial charge in [0, 0.05) is 19.6 Å². The van der Waals surface area contributed by atoms with Crippen LogP contribution in [0.4, 0.5) is 0 Å². The van der Waals surface area contributed by atoms with Crippen molar-refractivity contribution in [3.05, 3.63) is 35.4 Å². The first-order valence-corrected chi connectivity index (χ1v) is 7.19. The molecule has 0 spiro atoms. The third-order valence-corrected chi connectivity index (χ3v) is 3.92. The van der Waals surface area contributed by atoms with Crippen LogP contribution in [0.15, 0.2) is 24.3 Å². The third-order valence-electron chi connectivity index (χ3n) is 3.92. The predicted molar refractivity (Wildman–Crippen MR) is 77.5 cm³/mol. The minimum absolute atomic E-state index is 0.00141. The average Bonchev–Trinajstić information content (AvgIpc) is 2.47. The quantitative estimate of drug-likeness (QED) is 0.859. The molecule has 1 aliphatic heterocycles. The van der Waals surface area contributed by atoms with Gasteiger partial charge in [0.1, 0.15) is 0 Å². The van der Waals surface area contributed by atoms with Crippen LogP contribution in [0.2, 0.25) is 0 Å². The molecule has 0 unspecified atom stereocenters. The molecule has 4 nitrogen and oxygen atoms in total. The molecule has 0 radical (unpaired) electrons. The molecule has 1 aromatic carbocycles. The minimum Gasteiger partial charge on any atom is -0.394 e. The summed E-state index contributed by atoms with van der Waals surface area (Å²) in [5.41, 5.74) is 1.90. The van der Waals surface area contributed by atoms with Gasteiger partial charge in [-0.3, -0.25) is 4.79 Å². The smallest absolute Gasteiger partial charge is 0.220 e. The van der Waals surface area contributed by atoms with Gasteiger partial charge in [-0.1, -0.05) is 29.8 Å². The van der Waals surface area contributed by atoms with Gasteiger partial charge in [-0.2, -0.15) is 0 Å². The molecule has 2 rings (SSSR count). The number of hydrogen-bond acceptors (Lipinski definition) is 3. The van der Waals surface area contributed by atoms with Gasteiger partial charge in [0.2, 0.25) is 5.91 Å². The van der Waals surface area contributed by atoms with Gasteiger partial charge in [-0.25, -0.2) is 0 Å². The van der Waals surface area contributed by atoms with E-state index in [0.717, 1.165) is 12.0 Å². The molecule has 0 saturated carbocycles. The van der Waals surface area contributed by atoms with Crippen molar-refractivity contribution in [2.75, 3.05) is 19.8 Å². The first kappa shape index (κ1) is 15.0. The molecule has 1 amide bonds. The highest BCUT2D eigenvalue weighted by atomic mass is 16.5. The van der Waals surface area contributed by atoms with E-state index in [-0.39, 0.29) is 12.5 Å². The van der Waals surface area contributed by atoms with Crippen LogP contribution < -0.4 is 5.32 Å². The molecule has 4 heteroatoms. The maximum Gasteiger partial charge on any atom is 0.220 e. The fourth-order valence-electron chi connectivity index (χ4n) is 2.46. The van der Waals surface area contributed by atoms with Crippen LogP contribution in [0, 0.1) is 6.92 Å². The fourth-order valence-corrected chi connectivity index (χ4v) is 2.46. The van der Waals surface area contributed by atoms with Gasteiger partial charge in [0.05, 0.1) is 12.1 Å².